The Morgan fingerprint density at radius 3 is 1.45 bits per heavy atom. The minimum atomic E-state index is -0.252. The summed E-state index contributed by atoms with van der Waals surface area (Å²) >= 11 is 13.9. The van der Waals surface area contributed by atoms with Crippen molar-refractivity contribution in [2.24, 2.45) is 0 Å². The lowest BCUT2D eigenvalue weighted by Gasteiger charge is -2.09. The molecule has 2 rings (SSSR count). The van der Waals surface area contributed by atoms with Crippen LogP contribution in [-0.4, -0.2) is 19.3 Å². The molecule has 0 spiro atoms. The van der Waals surface area contributed by atoms with Gasteiger partial charge in [-0.1, -0.05) is 0 Å². The van der Waals surface area contributed by atoms with Crippen LogP contribution in [0.1, 0.15) is 0 Å². The van der Waals surface area contributed by atoms with Gasteiger partial charge >= 0.3 is 5.69 Å². The third-order valence-electron chi connectivity index (χ3n) is 3.01. The number of aromatic nitrogens is 2. The third-order valence-corrected chi connectivity index (χ3v) is 7.73. The Balaban J connectivity index is 2.95. The maximum Gasteiger partial charge on any atom is 0.329 e. The molecule has 0 aliphatic heterocycles. The van der Waals surface area contributed by atoms with Crippen LogP contribution in [0.15, 0.2) is 47.4 Å². The monoisotopic (exact) mass is 558 g/mol. The lowest BCUT2D eigenvalue weighted by Crippen LogP contribution is -2.23. The van der Waals surface area contributed by atoms with Crippen LogP contribution in [0, 0.1) is 0 Å². The van der Waals surface area contributed by atoms with Gasteiger partial charge in [0.05, 0.1) is 32.5 Å². The summed E-state index contributed by atoms with van der Waals surface area (Å²) in [5, 5.41) is 17.8. The van der Waals surface area contributed by atoms with Crippen molar-refractivity contribution in [3.8, 4) is 0 Å². The minimum absolute atomic E-state index is 0.223. The van der Waals surface area contributed by atoms with Crippen LogP contribution in [0.25, 0.3) is 11.0 Å². The molecule has 0 unspecified atom stereocenters. The molecule has 0 aliphatic rings. The van der Waals surface area contributed by atoms with Crippen LogP contribution in [0.3, 0.4) is 0 Å². The number of aliphatic hydroxyl groups is 2. The highest BCUT2D eigenvalue weighted by atomic mass is 79.9. The fraction of sp³-hybridized carbons (Fsp3) is 0.154. The third kappa shape index (κ3) is 2.95. The lowest BCUT2D eigenvalue weighted by atomic mass is 10.3. The second kappa shape index (κ2) is 7.37. The molecule has 0 saturated carbocycles. The van der Waals surface area contributed by atoms with E-state index in [0.717, 1.165) is 21.5 Å². The maximum atomic E-state index is 12.6. The Labute approximate surface area is 159 Å². The van der Waals surface area contributed by atoms with Gasteiger partial charge < -0.3 is 10.2 Å². The van der Waals surface area contributed by atoms with Crippen LogP contribution in [0.2, 0.25) is 0 Å². The summed E-state index contributed by atoms with van der Waals surface area (Å²) in [6, 6.07) is 0. The predicted octanol–water partition coefficient (Wildman–Crippen LogP) is 5.00. The summed E-state index contributed by atoms with van der Waals surface area (Å²) in [6.45, 7) is 0.446. The molecule has 2 aromatic rings. The Hall–Kier alpha value is -0.510. The molecule has 0 aliphatic carbocycles. The fourth-order valence-electron chi connectivity index (χ4n) is 2.08. The van der Waals surface area contributed by atoms with Gasteiger partial charge in [0.15, 0.2) is 0 Å². The smallest absolute Gasteiger partial charge is 0.329 e. The number of aliphatic hydroxyl groups excluding tert-OH is 2. The summed E-state index contributed by atoms with van der Waals surface area (Å²) in [4.78, 5) is 12.6. The van der Waals surface area contributed by atoms with Crippen molar-refractivity contribution in [1.29, 1.82) is 0 Å². The summed E-state index contributed by atoms with van der Waals surface area (Å²) in [6.07, 6.45) is 4.76. The zero-order chi connectivity index (χ0) is 16.4. The van der Waals surface area contributed by atoms with Crippen molar-refractivity contribution in [3.05, 3.63) is 53.1 Å². The van der Waals surface area contributed by atoms with E-state index in [0.29, 0.717) is 20.0 Å². The van der Waals surface area contributed by atoms with E-state index in [2.05, 4.69) is 63.7 Å². The molecular weight excluding hydrogens is 552 g/mol. The molecule has 0 bridgehead atoms. The molecule has 0 radical (unpaired) electrons. The minimum Gasteiger partial charge on any atom is -0.516 e. The van der Waals surface area contributed by atoms with E-state index in [1.807, 2.05) is 0 Å². The van der Waals surface area contributed by atoms with Crippen molar-refractivity contribution in [2.75, 3.05) is 0 Å². The van der Waals surface area contributed by atoms with Gasteiger partial charge in [0.2, 0.25) is 0 Å². The Morgan fingerprint density at radius 1 is 0.773 bits per heavy atom. The van der Waals surface area contributed by atoms with Gasteiger partial charge in [-0.15, -0.1) is 0 Å². The number of fused-ring (bicyclic) bond motifs is 1. The quantitative estimate of drug-likeness (QED) is 0.314. The van der Waals surface area contributed by atoms with E-state index >= 15 is 0 Å². The van der Waals surface area contributed by atoms with Crippen molar-refractivity contribution in [1.82, 2.24) is 9.13 Å². The van der Waals surface area contributed by atoms with Crippen LogP contribution >= 0.6 is 63.7 Å². The first-order chi connectivity index (χ1) is 10.5. The molecule has 5 nitrogen and oxygen atoms in total. The maximum absolute atomic E-state index is 12.6. The van der Waals surface area contributed by atoms with Gasteiger partial charge in [0.25, 0.3) is 0 Å². The van der Waals surface area contributed by atoms with E-state index < -0.39 is 0 Å². The average molecular weight is 562 g/mol. The molecular formula is C13H10Br4N2O3. The standard InChI is InChI=1S/C13H10Br4N2O3/c14-7-8(15)10(17)12-11(9(7)16)18(3-1-5-20)13(22)19(12)4-2-6-21/h1-2,5-6,20-21H,3-4H2. The summed E-state index contributed by atoms with van der Waals surface area (Å²) in [5.41, 5.74) is 1.10. The number of benzene rings is 1. The van der Waals surface area contributed by atoms with Gasteiger partial charge in [-0.2, -0.15) is 0 Å². The van der Waals surface area contributed by atoms with Crippen molar-refractivity contribution in [2.45, 2.75) is 13.1 Å². The number of nitrogens with zero attached hydrogens (tertiary/aromatic N) is 2. The van der Waals surface area contributed by atoms with Gasteiger partial charge in [-0.05, 0) is 75.9 Å². The van der Waals surface area contributed by atoms with Gasteiger partial charge in [0.1, 0.15) is 0 Å². The van der Waals surface area contributed by atoms with E-state index in [9.17, 15) is 4.79 Å². The molecule has 22 heavy (non-hydrogen) atoms. The second-order valence-electron chi connectivity index (χ2n) is 4.23. The molecule has 1 aromatic heterocycles. The average Bonchev–Trinajstić information content (AvgIpc) is 2.79. The summed E-state index contributed by atoms with van der Waals surface area (Å²) in [5.74, 6) is 0. The van der Waals surface area contributed by atoms with Gasteiger partial charge in [0, 0.05) is 22.0 Å². The first-order valence-corrected chi connectivity index (χ1v) is 9.16. The Bertz CT molecular complexity index is 770. The molecule has 0 saturated heterocycles. The highest BCUT2D eigenvalue weighted by molar-refractivity contribution is 9.15. The zero-order valence-corrected chi connectivity index (χ0v) is 17.3. The molecule has 0 atom stereocenters. The van der Waals surface area contributed by atoms with Gasteiger partial charge in [-0.3, -0.25) is 9.13 Å². The van der Waals surface area contributed by atoms with E-state index in [4.69, 9.17) is 10.2 Å². The molecule has 0 fully saturated rings. The molecule has 2 N–H and O–H groups in total. The van der Waals surface area contributed by atoms with Crippen LogP contribution in [0.5, 0.6) is 0 Å². The number of halogens is 4. The summed E-state index contributed by atoms with van der Waals surface area (Å²) < 4.78 is 6.02. The highest BCUT2D eigenvalue weighted by Gasteiger charge is 2.22. The van der Waals surface area contributed by atoms with Crippen molar-refractivity contribution >= 4 is 74.8 Å². The van der Waals surface area contributed by atoms with Crippen LogP contribution in [-0.2, 0) is 13.1 Å². The van der Waals surface area contributed by atoms with E-state index in [-0.39, 0.29) is 18.8 Å². The SMILES string of the molecule is O=c1n(CC=CO)c2c(Br)c(Br)c(Br)c(Br)c2n1CC=CO. The van der Waals surface area contributed by atoms with E-state index in [1.54, 1.807) is 0 Å². The highest BCUT2D eigenvalue weighted by Crippen LogP contribution is 2.43. The zero-order valence-electron chi connectivity index (χ0n) is 10.9. The van der Waals surface area contributed by atoms with E-state index in [1.165, 1.54) is 21.3 Å². The topological polar surface area (TPSA) is 67.4 Å². The molecule has 1 aromatic carbocycles. The van der Waals surface area contributed by atoms with Crippen LogP contribution < -0.4 is 5.69 Å². The molecule has 9 heteroatoms. The Kier molecular flexibility index (Phi) is 5.98. The number of hydrogen-bond acceptors (Lipinski definition) is 3. The first-order valence-electron chi connectivity index (χ1n) is 5.99. The fourth-order valence-corrected chi connectivity index (χ4v) is 4.59. The number of hydrogen-bond donors (Lipinski definition) is 2. The van der Waals surface area contributed by atoms with Gasteiger partial charge in [-0.25, -0.2) is 4.79 Å². The summed E-state index contributed by atoms with van der Waals surface area (Å²) in [7, 11) is 0. The largest absolute Gasteiger partial charge is 0.516 e. The Morgan fingerprint density at radius 2 is 1.14 bits per heavy atom. The first kappa shape index (κ1) is 17.8. The number of allylic oxidation sites excluding steroid dienone is 2. The van der Waals surface area contributed by atoms with Crippen LogP contribution in [0.4, 0.5) is 0 Å². The molecule has 0 amide bonds. The predicted molar refractivity (Wildman–Crippen MR) is 101 cm³/mol. The lowest BCUT2D eigenvalue weighted by molar-refractivity contribution is 0.468. The van der Waals surface area contributed by atoms with Crippen molar-refractivity contribution in [3.63, 3.8) is 0 Å². The number of imidazole rings is 1. The molecule has 118 valence electrons. The van der Waals surface area contributed by atoms with Crippen molar-refractivity contribution < 1.29 is 10.2 Å². The number of rotatable bonds is 4. The molecule has 1 heterocycles. The second-order valence-corrected chi connectivity index (χ2v) is 7.40. The normalized spacial score (nSPS) is 12.2.